The molecular weight excluding hydrogens is 605 g/mol. The van der Waals surface area contributed by atoms with Crippen LogP contribution in [0.15, 0.2) is 102 Å². The molecule has 48 heavy (non-hydrogen) atoms. The number of hydrogen-bond acceptors (Lipinski definition) is 2. The monoisotopic (exact) mass is 644 g/mol. The van der Waals surface area contributed by atoms with Gasteiger partial charge < -0.3 is 4.42 Å². The second-order valence-electron chi connectivity index (χ2n) is 15.6. The van der Waals surface area contributed by atoms with Gasteiger partial charge in [-0.1, -0.05) is 57.2 Å². The number of benzene rings is 3. The summed E-state index contributed by atoms with van der Waals surface area (Å²) >= 11 is 1.86. The summed E-state index contributed by atoms with van der Waals surface area (Å²) in [7, 11) is 0. The lowest BCUT2D eigenvalue weighted by Crippen LogP contribution is -2.80. The van der Waals surface area contributed by atoms with Crippen LogP contribution in [0.5, 0.6) is 0 Å². The van der Waals surface area contributed by atoms with Gasteiger partial charge in [0.1, 0.15) is 23.0 Å². The lowest BCUT2D eigenvalue weighted by Gasteiger charge is -2.56. The molecule has 4 atom stereocenters. The van der Waals surface area contributed by atoms with Gasteiger partial charge in [-0.2, -0.15) is 9.13 Å². The molecule has 0 N–H and O–H groups in total. The first kappa shape index (κ1) is 28.5. The van der Waals surface area contributed by atoms with E-state index < -0.39 is 0 Å². The third-order valence-corrected chi connectivity index (χ3v) is 13.3. The molecule has 0 saturated heterocycles. The van der Waals surface area contributed by atoms with E-state index in [4.69, 9.17) is 4.42 Å². The van der Waals surface area contributed by atoms with Crippen LogP contribution >= 0.6 is 11.3 Å². The van der Waals surface area contributed by atoms with Gasteiger partial charge >= 0.3 is 0 Å². The maximum Gasteiger partial charge on any atom is 0.217 e. The van der Waals surface area contributed by atoms with E-state index in [1.807, 2.05) is 11.3 Å². The molecule has 3 aromatic carbocycles. The fourth-order valence-corrected chi connectivity index (χ4v) is 10.9. The molecule has 0 amide bonds. The van der Waals surface area contributed by atoms with Gasteiger partial charge in [0.25, 0.3) is 0 Å². The van der Waals surface area contributed by atoms with Crippen LogP contribution in [-0.4, -0.2) is 0 Å². The number of furan rings is 1. The standard InChI is InChI=1S/C44H40N2OS/c1-8-33-40-39(30-12-10-9-11-29(30)34-17-13-24(2)23-45(34)40)44(33)22-27-14-15-31-32-16-18-36-37(25(3)26(4)48-36)41(32)47-42(31)38(27)35-21-28(43(5,6)7)19-20-46(35)44/h8-21,23,33,39-40H,1,22H2,2-7H3/q+2. The summed E-state index contributed by atoms with van der Waals surface area (Å²) < 4.78 is 13.6. The minimum atomic E-state index is -0.205. The van der Waals surface area contributed by atoms with E-state index in [1.54, 1.807) is 0 Å². The second-order valence-corrected chi connectivity index (χ2v) is 16.8. The molecule has 0 bridgehead atoms. The molecule has 3 nitrogen and oxygen atoms in total. The molecule has 6 heterocycles. The van der Waals surface area contributed by atoms with Gasteiger partial charge in [0.2, 0.25) is 11.4 Å². The number of allylic oxidation sites excluding steroid dienone is 1. The Morgan fingerprint density at radius 2 is 1.71 bits per heavy atom. The Balaban J connectivity index is 1.28. The Labute approximate surface area is 285 Å². The van der Waals surface area contributed by atoms with Crippen molar-refractivity contribution < 1.29 is 13.6 Å². The fourth-order valence-electron chi connectivity index (χ4n) is 9.79. The van der Waals surface area contributed by atoms with Crippen molar-refractivity contribution in [2.24, 2.45) is 5.92 Å². The predicted octanol–water partition coefficient (Wildman–Crippen LogP) is 10.3. The Morgan fingerprint density at radius 3 is 2.52 bits per heavy atom. The molecule has 3 aliphatic rings. The summed E-state index contributed by atoms with van der Waals surface area (Å²) in [5, 5.41) is 3.67. The Bertz CT molecular complexity index is 2560. The molecule has 236 valence electrons. The van der Waals surface area contributed by atoms with Gasteiger partial charge in [-0.15, -0.1) is 17.9 Å². The maximum absolute atomic E-state index is 7.11. The van der Waals surface area contributed by atoms with Crippen LogP contribution in [0.25, 0.3) is 54.5 Å². The first-order valence-electron chi connectivity index (χ1n) is 17.3. The van der Waals surface area contributed by atoms with E-state index in [-0.39, 0.29) is 22.8 Å². The van der Waals surface area contributed by atoms with E-state index in [2.05, 4.69) is 149 Å². The molecule has 1 saturated carbocycles. The van der Waals surface area contributed by atoms with Crippen molar-refractivity contribution in [3.63, 3.8) is 0 Å². The third-order valence-electron chi connectivity index (χ3n) is 12.1. The van der Waals surface area contributed by atoms with Crippen molar-refractivity contribution in [2.45, 2.75) is 70.9 Å². The smallest absolute Gasteiger partial charge is 0.217 e. The number of hydrogen-bond donors (Lipinski definition) is 0. The van der Waals surface area contributed by atoms with Crippen molar-refractivity contribution >= 4 is 43.4 Å². The van der Waals surface area contributed by atoms with E-state index in [0.717, 1.165) is 17.6 Å². The van der Waals surface area contributed by atoms with Crippen LogP contribution in [0.2, 0.25) is 0 Å². The van der Waals surface area contributed by atoms with E-state index in [0.29, 0.717) is 6.04 Å². The summed E-state index contributed by atoms with van der Waals surface area (Å²) in [6, 6.07) is 28.1. The summed E-state index contributed by atoms with van der Waals surface area (Å²) in [6.07, 6.45) is 7.94. The SMILES string of the molecule is C=CC1C2C(c3ccccc3-c3ccc(C)c[n+]32)C12Cc1ccc3c(oc4c3ccc3sc(C)c(C)c34)c1-c1cc(C(C)(C)C)cc[n+]12. The lowest BCUT2D eigenvalue weighted by molar-refractivity contribution is -0.837. The van der Waals surface area contributed by atoms with Gasteiger partial charge in [0.15, 0.2) is 24.0 Å². The van der Waals surface area contributed by atoms with Gasteiger partial charge in [-0.25, -0.2) is 0 Å². The second kappa shape index (κ2) is 9.33. The molecule has 4 aromatic heterocycles. The maximum atomic E-state index is 7.11. The minimum Gasteiger partial charge on any atom is -0.454 e. The Morgan fingerprint density at radius 1 is 0.917 bits per heavy atom. The van der Waals surface area contributed by atoms with Crippen LogP contribution in [0.3, 0.4) is 0 Å². The van der Waals surface area contributed by atoms with Crippen molar-refractivity contribution in [3.05, 3.63) is 131 Å². The van der Waals surface area contributed by atoms with Crippen molar-refractivity contribution in [2.75, 3.05) is 0 Å². The number of nitrogens with zero attached hydrogens (tertiary/aromatic N) is 2. The zero-order valence-electron chi connectivity index (χ0n) is 28.5. The minimum absolute atomic E-state index is 0.00333. The van der Waals surface area contributed by atoms with E-state index in [1.165, 1.54) is 76.1 Å². The zero-order valence-corrected chi connectivity index (χ0v) is 29.3. The molecule has 0 radical (unpaired) electrons. The van der Waals surface area contributed by atoms with Crippen LogP contribution in [-0.2, 0) is 17.4 Å². The highest BCUT2D eigenvalue weighted by Gasteiger charge is 2.76. The predicted molar refractivity (Wildman–Crippen MR) is 197 cm³/mol. The average molecular weight is 645 g/mol. The summed E-state index contributed by atoms with van der Waals surface area (Å²) in [6.45, 7) is 18.2. The van der Waals surface area contributed by atoms with Gasteiger partial charge in [0, 0.05) is 55.9 Å². The Kier molecular flexibility index (Phi) is 5.53. The Hall–Kier alpha value is -4.54. The van der Waals surface area contributed by atoms with Crippen LogP contribution < -0.4 is 9.13 Å². The molecule has 2 aliphatic heterocycles. The highest BCUT2D eigenvalue weighted by Crippen LogP contribution is 2.64. The number of fused-ring (bicyclic) bond motifs is 17. The largest absolute Gasteiger partial charge is 0.454 e. The number of rotatable bonds is 1. The number of aryl methyl sites for hydroxylation is 3. The molecule has 4 heteroatoms. The molecule has 4 unspecified atom stereocenters. The molecule has 10 rings (SSSR count). The van der Waals surface area contributed by atoms with Crippen molar-refractivity contribution in [1.29, 1.82) is 0 Å². The first-order chi connectivity index (χ1) is 23.1. The fraction of sp³-hybridized carbons (Fsp3) is 0.273. The van der Waals surface area contributed by atoms with Crippen molar-refractivity contribution in [1.82, 2.24) is 0 Å². The van der Waals surface area contributed by atoms with Gasteiger partial charge in [-0.3, -0.25) is 0 Å². The number of pyridine rings is 2. The number of thiophene rings is 1. The molecule has 7 aromatic rings. The van der Waals surface area contributed by atoms with Gasteiger partial charge in [-0.05, 0) is 72.7 Å². The zero-order chi connectivity index (χ0) is 32.9. The molecule has 1 fully saturated rings. The van der Waals surface area contributed by atoms with E-state index >= 15 is 0 Å². The third kappa shape index (κ3) is 3.39. The average Bonchev–Trinajstić information content (AvgIpc) is 3.59. The highest BCUT2D eigenvalue weighted by atomic mass is 32.1. The summed E-state index contributed by atoms with van der Waals surface area (Å²) in [5.41, 5.74) is 13.7. The quantitative estimate of drug-likeness (QED) is 0.129. The van der Waals surface area contributed by atoms with Gasteiger partial charge in [0.05, 0.1) is 11.1 Å². The lowest BCUT2D eigenvalue weighted by atomic mass is 9.48. The molecular formula is C44H40N2OS+2. The van der Waals surface area contributed by atoms with Crippen molar-refractivity contribution in [3.8, 4) is 22.5 Å². The molecule has 1 aliphatic carbocycles. The van der Waals surface area contributed by atoms with Crippen LogP contribution in [0.4, 0.5) is 0 Å². The van der Waals surface area contributed by atoms with Crippen LogP contribution in [0.1, 0.15) is 65.4 Å². The topological polar surface area (TPSA) is 20.9 Å². The normalized spacial score (nSPS) is 22.2. The number of aromatic nitrogens is 2. The highest BCUT2D eigenvalue weighted by molar-refractivity contribution is 7.19. The first-order valence-corrected chi connectivity index (χ1v) is 18.1. The van der Waals surface area contributed by atoms with E-state index in [9.17, 15) is 0 Å². The molecule has 1 spiro atoms. The summed E-state index contributed by atoms with van der Waals surface area (Å²) in [4.78, 5) is 1.36. The van der Waals surface area contributed by atoms with Crippen LogP contribution in [0, 0.1) is 26.7 Å². The summed E-state index contributed by atoms with van der Waals surface area (Å²) in [5.74, 6) is 0.525.